The van der Waals surface area contributed by atoms with E-state index >= 15 is 0 Å². The highest BCUT2D eigenvalue weighted by Crippen LogP contribution is 2.35. The van der Waals surface area contributed by atoms with E-state index in [1.54, 1.807) is 36.4 Å². The van der Waals surface area contributed by atoms with Gasteiger partial charge in [0.05, 0.1) is 48.9 Å². The van der Waals surface area contributed by atoms with Gasteiger partial charge >= 0.3 is 11.9 Å². The highest BCUT2D eigenvalue weighted by Gasteiger charge is 2.33. The van der Waals surface area contributed by atoms with E-state index in [2.05, 4.69) is 5.32 Å². The van der Waals surface area contributed by atoms with E-state index in [-0.39, 0.29) is 35.9 Å². The zero-order valence-corrected chi connectivity index (χ0v) is 21.0. The Labute approximate surface area is 217 Å². The van der Waals surface area contributed by atoms with Crippen LogP contribution in [0, 0.1) is 0 Å². The maximum atomic E-state index is 13.4. The molecule has 1 aliphatic heterocycles. The van der Waals surface area contributed by atoms with Gasteiger partial charge in [0.2, 0.25) is 0 Å². The van der Waals surface area contributed by atoms with Crippen LogP contribution in [-0.2, 0) is 30.8 Å². The van der Waals surface area contributed by atoms with Crippen LogP contribution in [0.3, 0.4) is 0 Å². The SMILES string of the molecule is COC(=O)C1=C(C(=O)OC)N(c2ccccc2NC(=O)c2cc3c4ccccc4n(C)c3cc2O)COC1. The Kier molecular flexibility index (Phi) is 6.48. The maximum Gasteiger partial charge on any atom is 0.355 e. The number of rotatable bonds is 5. The number of methoxy groups -OCH3 is 2. The van der Waals surface area contributed by atoms with Crippen LogP contribution in [0.25, 0.3) is 21.8 Å². The summed E-state index contributed by atoms with van der Waals surface area (Å²) in [7, 11) is 4.31. The lowest BCUT2D eigenvalue weighted by molar-refractivity contribution is -0.140. The molecule has 2 N–H and O–H groups in total. The number of benzene rings is 3. The summed E-state index contributed by atoms with van der Waals surface area (Å²) in [6.45, 7) is -0.216. The molecular weight excluding hydrogens is 490 g/mol. The molecule has 0 saturated carbocycles. The van der Waals surface area contributed by atoms with Crippen LogP contribution >= 0.6 is 0 Å². The van der Waals surface area contributed by atoms with Gasteiger partial charge < -0.3 is 34.1 Å². The molecule has 4 aromatic rings. The summed E-state index contributed by atoms with van der Waals surface area (Å²) in [5.41, 5.74) is 2.49. The standard InChI is InChI=1S/C28H25N3O7/c1-30-21-10-6-4-8-16(21)17-12-18(24(32)13-23(17)30)26(33)29-20-9-5-7-11-22(20)31-15-38-14-19(27(34)36-2)25(31)28(35)37-3/h4-13,32H,14-15H2,1-3H3,(H,29,33). The van der Waals surface area contributed by atoms with Gasteiger partial charge in [0.25, 0.3) is 5.91 Å². The summed E-state index contributed by atoms with van der Waals surface area (Å²) in [6.07, 6.45) is 0. The average molecular weight is 516 g/mol. The van der Waals surface area contributed by atoms with Gasteiger partial charge in [-0.3, -0.25) is 4.79 Å². The number of esters is 2. The molecule has 5 rings (SSSR count). The number of amides is 1. The lowest BCUT2D eigenvalue weighted by Crippen LogP contribution is -2.39. The van der Waals surface area contributed by atoms with Gasteiger partial charge in [-0.1, -0.05) is 30.3 Å². The minimum Gasteiger partial charge on any atom is -0.507 e. The van der Waals surface area contributed by atoms with Crippen LogP contribution in [0.2, 0.25) is 0 Å². The average Bonchev–Trinajstić information content (AvgIpc) is 3.22. The highest BCUT2D eigenvalue weighted by atomic mass is 16.5. The Hall–Kier alpha value is -4.83. The summed E-state index contributed by atoms with van der Waals surface area (Å²) >= 11 is 0. The van der Waals surface area contributed by atoms with Crippen molar-refractivity contribution in [1.82, 2.24) is 4.57 Å². The second-order valence-electron chi connectivity index (χ2n) is 8.65. The van der Waals surface area contributed by atoms with E-state index in [9.17, 15) is 19.5 Å². The zero-order valence-electron chi connectivity index (χ0n) is 21.0. The third-order valence-electron chi connectivity index (χ3n) is 6.55. The maximum absolute atomic E-state index is 13.4. The molecule has 0 unspecified atom stereocenters. The molecule has 0 aliphatic carbocycles. The van der Waals surface area contributed by atoms with E-state index in [1.165, 1.54) is 19.1 Å². The number of aryl methyl sites for hydroxylation is 1. The number of fused-ring (bicyclic) bond motifs is 3. The fourth-order valence-corrected chi connectivity index (χ4v) is 4.71. The van der Waals surface area contributed by atoms with Crippen molar-refractivity contribution in [2.45, 2.75) is 0 Å². The van der Waals surface area contributed by atoms with Crippen LogP contribution in [-0.4, -0.2) is 55.1 Å². The topological polar surface area (TPSA) is 119 Å². The van der Waals surface area contributed by atoms with Gasteiger partial charge in [-0.05, 0) is 24.3 Å². The molecule has 0 atom stereocenters. The minimum atomic E-state index is -0.756. The van der Waals surface area contributed by atoms with Crippen molar-refractivity contribution in [3.8, 4) is 5.75 Å². The van der Waals surface area contributed by atoms with Gasteiger partial charge in [-0.2, -0.15) is 0 Å². The Morgan fingerprint density at radius 1 is 0.921 bits per heavy atom. The smallest absolute Gasteiger partial charge is 0.355 e. The first-order valence-corrected chi connectivity index (χ1v) is 11.7. The van der Waals surface area contributed by atoms with Gasteiger partial charge in [0.15, 0.2) is 0 Å². The molecule has 0 fully saturated rings. The molecule has 0 spiro atoms. The quantitative estimate of drug-likeness (QED) is 0.387. The molecule has 10 heteroatoms. The number of aromatic nitrogens is 1. The summed E-state index contributed by atoms with van der Waals surface area (Å²) in [6, 6.07) is 17.7. The van der Waals surface area contributed by atoms with Crippen LogP contribution in [0.4, 0.5) is 11.4 Å². The van der Waals surface area contributed by atoms with E-state index in [4.69, 9.17) is 14.2 Å². The van der Waals surface area contributed by atoms with Crippen LogP contribution in [0.5, 0.6) is 5.75 Å². The van der Waals surface area contributed by atoms with Crippen LogP contribution in [0.15, 0.2) is 71.9 Å². The molecule has 1 amide bonds. The molecule has 0 radical (unpaired) electrons. The lowest BCUT2D eigenvalue weighted by atomic mass is 10.1. The lowest BCUT2D eigenvalue weighted by Gasteiger charge is -2.32. The third-order valence-corrected chi connectivity index (χ3v) is 6.55. The molecule has 1 aromatic heterocycles. The molecule has 3 aromatic carbocycles. The van der Waals surface area contributed by atoms with Crippen molar-refractivity contribution in [2.24, 2.45) is 7.05 Å². The zero-order chi connectivity index (χ0) is 27.0. The first kappa shape index (κ1) is 24.8. The first-order chi connectivity index (χ1) is 18.3. The molecule has 1 aliphatic rings. The fourth-order valence-electron chi connectivity index (χ4n) is 4.71. The molecule has 2 heterocycles. The van der Waals surface area contributed by atoms with Gasteiger partial charge in [-0.15, -0.1) is 0 Å². The van der Waals surface area contributed by atoms with Gasteiger partial charge in [-0.25, -0.2) is 9.59 Å². The number of carbonyl (C=O) groups is 3. The summed E-state index contributed by atoms with van der Waals surface area (Å²) in [5, 5.41) is 15.4. The Bertz CT molecular complexity index is 1640. The number of ether oxygens (including phenoxy) is 3. The Morgan fingerprint density at radius 2 is 1.63 bits per heavy atom. The first-order valence-electron chi connectivity index (χ1n) is 11.7. The largest absolute Gasteiger partial charge is 0.507 e. The highest BCUT2D eigenvalue weighted by molar-refractivity contribution is 6.15. The number of nitrogens with zero attached hydrogens (tertiary/aromatic N) is 2. The third kappa shape index (κ3) is 4.10. The number of para-hydroxylation sites is 3. The van der Waals surface area contributed by atoms with Crippen molar-refractivity contribution in [3.05, 3.63) is 77.5 Å². The number of hydrogen-bond donors (Lipinski definition) is 2. The molecule has 38 heavy (non-hydrogen) atoms. The number of phenolic OH excluding ortho intramolecular Hbond substituents is 1. The number of carbonyl (C=O) groups excluding carboxylic acids is 3. The molecule has 10 nitrogen and oxygen atoms in total. The normalized spacial score (nSPS) is 13.6. The monoisotopic (exact) mass is 515 g/mol. The Balaban J connectivity index is 1.56. The number of phenols is 1. The predicted molar refractivity (Wildman–Crippen MR) is 141 cm³/mol. The predicted octanol–water partition coefficient (Wildman–Crippen LogP) is 3.68. The summed E-state index contributed by atoms with van der Waals surface area (Å²) in [4.78, 5) is 40.0. The molecule has 0 saturated heterocycles. The molecule has 0 bridgehead atoms. The number of nitrogens with one attached hydrogen (secondary N) is 1. The minimum absolute atomic E-state index is 0.00854. The fraction of sp³-hybridized carbons (Fsp3) is 0.179. The van der Waals surface area contributed by atoms with E-state index in [1.807, 2.05) is 35.9 Å². The number of hydrogen-bond acceptors (Lipinski definition) is 8. The molecular formula is C28H25N3O7. The van der Waals surface area contributed by atoms with Crippen LogP contribution < -0.4 is 10.2 Å². The van der Waals surface area contributed by atoms with Gasteiger partial charge in [0, 0.05) is 29.4 Å². The van der Waals surface area contributed by atoms with Gasteiger partial charge in [0.1, 0.15) is 18.2 Å². The van der Waals surface area contributed by atoms with Crippen molar-refractivity contribution in [2.75, 3.05) is 37.8 Å². The van der Waals surface area contributed by atoms with Crippen molar-refractivity contribution >= 4 is 51.0 Å². The van der Waals surface area contributed by atoms with Crippen LogP contribution in [0.1, 0.15) is 10.4 Å². The number of anilines is 2. The second kappa shape index (κ2) is 9.91. The van der Waals surface area contributed by atoms with E-state index in [0.29, 0.717) is 11.4 Å². The van der Waals surface area contributed by atoms with Crippen molar-refractivity contribution < 1.29 is 33.7 Å². The van der Waals surface area contributed by atoms with E-state index < -0.39 is 17.8 Å². The number of aromatic hydroxyl groups is 1. The Morgan fingerprint density at radius 3 is 2.39 bits per heavy atom. The van der Waals surface area contributed by atoms with Crippen molar-refractivity contribution in [3.63, 3.8) is 0 Å². The van der Waals surface area contributed by atoms with Crippen molar-refractivity contribution in [1.29, 1.82) is 0 Å². The second-order valence-corrected chi connectivity index (χ2v) is 8.65. The summed E-state index contributed by atoms with van der Waals surface area (Å²) in [5.74, 6) is -2.22. The van der Waals surface area contributed by atoms with E-state index in [0.717, 1.165) is 21.8 Å². The molecule has 194 valence electrons. The summed E-state index contributed by atoms with van der Waals surface area (Å²) < 4.78 is 17.3.